The third-order valence-corrected chi connectivity index (χ3v) is 4.33. The zero-order valence-electron chi connectivity index (χ0n) is 14.0. The number of benzene rings is 1. The van der Waals surface area contributed by atoms with Crippen LogP contribution in [0, 0.1) is 6.92 Å². The topological polar surface area (TPSA) is 108 Å². The maximum atomic E-state index is 12.7. The Labute approximate surface area is 165 Å². The Hall–Kier alpha value is -2.21. The van der Waals surface area contributed by atoms with Crippen molar-refractivity contribution in [3.63, 3.8) is 0 Å². The summed E-state index contributed by atoms with van der Waals surface area (Å²) in [6, 6.07) is 4.45. The molecule has 0 saturated carbocycles. The quantitative estimate of drug-likeness (QED) is 0.381. The number of piperidine rings is 1. The molecule has 5 amide bonds. The Morgan fingerprint density at radius 3 is 2.73 bits per heavy atom. The van der Waals surface area contributed by atoms with Crippen molar-refractivity contribution in [1.29, 1.82) is 0 Å². The monoisotopic (exact) mass is 527 g/mol. The Bertz CT molecular complexity index is 752. The van der Waals surface area contributed by atoms with Crippen LogP contribution in [0.4, 0.5) is 4.79 Å². The minimum Gasteiger partial charge on any atom is -0.368 e. The van der Waals surface area contributed by atoms with Crippen LogP contribution in [-0.4, -0.2) is 41.2 Å². The van der Waals surface area contributed by atoms with Gasteiger partial charge < -0.3 is 22.5 Å². The van der Waals surface area contributed by atoms with Crippen LogP contribution in [0.1, 0.15) is 34.3 Å². The molecule has 0 aromatic heterocycles. The van der Waals surface area contributed by atoms with Crippen LogP contribution < -0.4 is 16.0 Å². The van der Waals surface area contributed by atoms with Crippen molar-refractivity contribution >= 4 is 23.8 Å². The molecule has 0 radical (unpaired) electrons. The summed E-state index contributed by atoms with van der Waals surface area (Å²) in [5, 5.41) is 7.48. The van der Waals surface area contributed by atoms with E-state index < -0.39 is 11.9 Å². The van der Waals surface area contributed by atoms with Crippen molar-refractivity contribution in [2.75, 3.05) is 6.54 Å². The predicted octanol–water partition coefficient (Wildman–Crippen LogP) is 0.0784. The number of hydrogen-bond acceptors (Lipinski definition) is 4. The van der Waals surface area contributed by atoms with E-state index in [0.29, 0.717) is 18.5 Å². The summed E-state index contributed by atoms with van der Waals surface area (Å²) in [6.45, 7) is 4.44. The Morgan fingerprint density at radius 2 is 2.04 bits per heavy atom. The summed E-state index contributed by atoms with van der Waals surface area (Å²) in [7, 11) is 0. The van der Waals surface area contributed by atoms with Gasteiger partial charge in [-0.25, -0.2) is 4.79 Å². The number of nitrogens with one attached hydrogen (secondary N) is 3. The van der Waals surface area contributed by atoms with Crippen molar-refractivity contribution in [3.05, 3.63) is 41.8 Å². The molecular formula is C17H19N4O4W-. The molecule has 1 fully saturated rings. The summed E-state index contributed by atoms with van der Waals surface area (Å²) in [4.78, 5) is 48.9. The van der Waals surface area contributed by atoms with Gasteiger partial charge in [0.1, 0.15) is 6.04 Å². The van der Waals surface area contributed by atoms with Crippen LogP contribution in [-0.2, 0) is 43.7 Å². The van der Waals surface area contributed by atoms with Crippen LogP contribution in [0.5, 0.6) is 0 Å². The molecule has 1 aromatic rings. The molecule has 2 aliphatic rings. The van der Waals surface area contributed by atoms with Crippen LogP contribution in [0.25, 0.3) is 0 Å². The zero-order chi connectivity index (χ0) is 18.0. The first kappa shape index (κ1) is 20.1. The number of carbonyl (C=O) groups is 4. The molecule has 8 nitrogen and oxygen atoms in total. The van der Waals surface area contributed by atoms with E-state index >= 15 is 0 Å². The number of carbonyl (C=O) groups excluding carboxylic acids is 4. The predicted molar refractivity (Wildman–Crippen MR) is 88.1 cm³/mol. The molecule has 3 N–H and O–H groups in total. The minimum absolute atomic E-state index is 0. The number of rotatable bonds is 4. The Kier molecular flexibility index (Phi) is 6.53. The van der Waals surface area contributed by atoms with Crippen LogP contribution >= 0.6 is 0 Å². The summed E-state index contributed by atoms with van der Waals surface area (Å²) in [5.74, 6) is -0.961. The van der Waals surface area contributed by atoms with Gasteiger partial charge in [-0.3, -0.25) is 19.7 Å². The van der Waals surface area contributed by atoms with Crippen molar-refractivity contribution in [2.45, 2.75) is 32.0 Å². The Morgan fingerprint density at radius 1 is 1.27 bits per heavy atom. The van der Waals surface area contributed by atoms with Gasteiger partial charge in [-0.1, -0.05) is 12.1 Å². The van der Waals surface area contributed by atoms with E-state index in [1.165, 1.54) is 4.90 Å². The largest absolute Gasteiger partial charge is 0.368 e. The second-order valence-corrected chi connectivity index (χ2v) is 6.00. The molecule has 3 rings (SSSR count). The van der Waals surface area contributed by atoms with Crippen LogP contribution in [0.15, 0.2) is 18.2 Å². The van der Waals surface area contributed by atoms with Crippen molar-refractivity contribution in [1.82, 2.24) is 20.9 Å². The zero-order valence-corrected chi connectivity index (χ0v) is 17.0. The van der Waals surface area contributed by atoms with Gasteiger partial charge in [0.05, 0.1) is 0 Å². The fourth-order valence-corrected chi connectivity index (χ4v) is 3.07. The van der Waals surface area contributed by atoms with E-state index in [1.807, 2.05) is 12.1 Å². The molecule has 0 aliphatic carbocycles. The maximum absolute atomic E-state index is 12.7. The van der Waals surface area contributed by atoms with Gasteiger partial charge in [0.2, 0.25) is 11.8 Å². The van der Waals surface area contributed by atoms with E-state index in [0.717, 1.165) is 11.1 Å². The van der Waals surface area contributed by atoms with Crippen molar-refractivity contribution in [2.24, 2.45) is 0 Å². The molecule has 26 heavy (non-hydrogen) atoms. The van der Waals surface area contributed by atoms with Gasteiger partial charge >= 0.3 is 6.03 Å². The van der Waals surface area contributed by atoms with Crippen molar-refractivity contribution < 1.29 is 40.2 Å². The first-order valence-electron chi connectivity index (χ1n) is 8.07. The van der Waals surface area contributed by atoms with Gasteiger partial charge in [0.15, 0.2) is 0 Å². The summed E-state index contributed by atoms with van der Waals surface area (Å²) >= 11 is 0. The number of urea groups is 1. The van der Waals surface area contributed by atoms with Gasteiger partial charge in [-0.2, -0.15) is 0 Å². The van der Waals surface area contributed by atoms with Gasteiger partial charge in [0.25, 0.3) is 5.91 Å². The average Bonchev–Trinajstić information content (AvgIpc) is 2.90. The first-order chi connectivity index (χ1) is 12.0. The van der Waals surface area contributed by atoms with Gasteiger partial charge in [-0.15, -0.1) is 6.54 Å². The smallest absolute Gasteiger partial charge is 0.312 e. The average molecular weight is 527 g/mol. The van der Waals surface area contributed by atoms with E-state index in [4.69, 9.17) is 0 Å². The molecule has 1 unspecified atom stereocenters. The second-order valence-electron chi connectivity index (χ2n) is 6.00. The van der Waals surface area contributed by atoms with E-state index in [2.05, 4.69) is 22.9 Å². The number of amides is 5. The SMILES string of the molecule is [CH2-]CNC(=O)NCc1ccc2c(c1)C(=O)N(C1CCC(=O)NC1=O)C2.[W]. The second kappa shape index (κ2) is 8.45. The van der Waals surface area contributed by atoms with Gasteiger partial charge in [-0.05, 0) is 23.6 Å². The minimum atomic E-state index is -0.623. The van der Waals surface area contributed by atoms with Crippen molar-refractivity contribution in [3.8, 4) is 0 Å². The fourth-order valence-electron chi connectivity index (χ4n) is 3.07. The molecule has 2 heterocycles. The molecule has 1 saturated heterocycles. The molecule has 2 aliphatic heterocycles. The normalized spacial score (nSPS) is 18.7. The molecule has 1 aromatic carbocycles. The number of nitrogens with zero attached hydrogens (tertiary/aromatic N) is 1. The van der Waals surface area contributed by atoms with E-state index in [-0.39, 0.29) is 58.4 Å². The molecule has 138 valence electrons. The number of imide groups is 1. The fraction of sp³-hybridized carbons (Fsp3) is 0.353. The van der Waals surface area contributed by atoms with Gasteiger partial charge in [0, 0.05) is 46.1 Å². The van der Waals surface area contributed by atoms with Crippen LogP contribution in [0.2, 0.25) is 0 Å². The van der Waals surface area contributed by atoms with E-state index in [1.54, 1.807) is 6.07 Å². The molecule has 1 atom stereocenters. The number of hydrogen-bond donors (Lipinski definition) is 3. The summed E-state index contributed by atoms with van der Waals surface area (Å²) in [5.41, 5.74) is 2.15. The maximum Gasteiger partial charge on any atom is 0.312 e. The standard InChI is InChI=1S/C17H19N4O4.W/c1-2-18-17(25)19-8-10-3-4-11-9-21(16(24)12(11)7-10)13-5-6-14(22)20-15(13)23;/h3-4,7,13H,1-2,5-6,8-9H2,(H2,18,19,25)(H,20,22,23);/q-1;. The molecule has 9 heteroatoms. The molecule has 0 spiro atoms. The van der Waals surface area contributed by atoms with E-state index in [9.17, 15) is 19.2 Å². The molecule has 0 bridgehead atoms. The summed E-state index contributed by atoms with van der Waals surface area (Å²) in [6.07, 6.45) is 0.567. The van der Waals surface area contributed by atoms with Crippen LogP contribution in [0.3, 0.4) is 0 Å². The first-order valence-corrected chi connectivity index (χ1v) is 8.07. The number of fused-ring (bicyclic) bond motifs is 1. The molecular weight excluding hydrogens is 508 g/mol. The Balaban J connectivity index is 0.00000243. The third kappa shape index (κ3) is 4.12. The third-order valence-electron chi connectivity index (χ3n) is 4.33. The summed E-state index contributed by atoms with van der Waals surface area (Å²) < 4.78 is 0.